The van der Waals surface area contributed by atoms with Crippen LogP contribution in [-0.4, -0.2) is 59.5 Å². The van der Waals surface area contributed by atoms with Crippen LogP contribution < -0.4 is 24.2 Å². The molecule has 2 aromatic heterocycles. The molecule has 1 unspecified atom stereocenters. The second kappa shape index (κ2) is 8.92. The molecule has 12 nitrogen and oxygen atoms in total. The number of benzene rings is 2. The van der Waals surface area contributed by atoms with E-state index in [9.17, 15) is 13.5 Å². The van der Waals surface area contributed by atoms with Crippen LogP contribution in [-0.2, 0) is 17.1 Å². The van der Waals surface area contributed by atoms with Gasteiger partial charge in [-0.15, -0.1) is 0 Å². The standard InChI is InChI=1S/C22H22N6O6S/c1-28-9-19(23-12-28)35(30,31)27-22-21(24-15-5-3-4-6-16(15)25-22)26-17-7-13(32-2)8-18-20(17)33-11-14(10-29)34-18/h3-9,12,14,29H,10-11H2,1-2H3,(H,24,26)(H,25,27). The number of aromatic nitrogens is 4. The lowest BCUT2D eigenvalue weighted by atomic mass is 10.2. The summed E-state index contributed by atoms with van der Waals surface area (Å²) in [4.78, 5) is 13.0. The highest BCUT2D eigenvalue weighted by Crippen LogP contribution is 2.44. The molecule has 0 bridgehead atoms. The lowest BCUT2D eigenvalue weighted by molar-refractivity contribution is 0.0459. The van der Waals surface area contributed by atoms with Crippen LogP contribution in [0.25, 0.3) is 11.0 Å². The minimum atomic E-state index is -4.05. The van der Waals surface area contributed by atoms with E-state index in [0.717, 1.165) is 0 Å². The summed E-state index contributed by atoms with van der Waals surface area (Å²) in [6.07, 6.45) is 2.24. The number of anilines is 3. The molecule has 4 aromatic rings. The molecule has 182 valence electrons. The maximum Gasteiger partial charge on any atom is 0.282 e. The fourth-order valence-corrected chi connectivity index (χ4v) is 4.49. The van der Waals surface area contributed by atoms with Gasteiger partial charge in [-0.2, -0.15) is 8.42 Å². The average Bonchev–Trinajstić information content (AvgIpc) is 3.31. The van der Waals surface area contributed by atoms with Gasteiger partial charge in [-0.25, -0.2) is 15.0 Å². The van der Waals surface area contributed by atoms with E-state index in [1.54, 1.807) is 43.4 Å². The first-order chi connectivity index (χ1) is 16.9. The Morgan fingerprint density at radius 1 is 1.20 bits per heavy atom. The first kappa shape index (κ1) is 22.7. The van der Waals surface area contributed by atoms with Crippen molar-refractivity contribution in [2.45, 2.75) is 11.1 Å². The van der Waals surface area contributed by atoms with Crippen molar-refractivity contribution in [1.29, 1.82) is 0 Å². The molecular weight excluding hydrogens is 476 g/mol. The number of fused-ring (bicyclic) bond motifs is 2. The molecule has 1 aliphatic rings. The van der Waals surface area contributed by atoms with Gasteiger partial charge in [-0.1, -0.05) is 12.1 Å². The van der Waals surface area contributed by atoms with E-state index < -0.39 is 16.1 Å². The quantitative estimate of drug-likeness (QED) is 0.345. The molecule has 5 rings (SSSR count). The van der Waals surface area contributed by atoms with Crippen LogP contribution in [0.5, 0.6) is 17.2 Å². The molecule has 0 aliphatic carbocycles. The smallest absolute Gasteiger partial charge is 0.282 e. The second-order valence-corrected chi connectivity index (χ2v) is 9.38. The number of ether oxygens (including phenoxy) is 3. The van der Waals surface area contributed by atoms with Crippen molar-refractivity contribution in [1.82, 2.24) is 19.5 Å². The Kier molecular flexibility index (Phi) is 5.78. The minimum absolute atomic E-state index is 0.0316. The van der Waals surface area contributed by atoms with Gasteiger partial charge in [-0.05, 0) is 12.1 Å². The lowest BCUT2D eigenvalue weighted by Crippen LogP contribution is -2.32. The Bertz CT molecular complexity index is 1510. The number of aliphatic hydroxyl groups excluding tert-OH is 1. The molecule has 35 heavy (non-hydrogen) atoms. The highest BCUT2D eigenvalue weighted by molar-refractivity contribution is 7.92. The number of methoxy groups -OCH3 is 1. The second-order valence-electron chi connectivity index (χ2n) is 7.75. The van der Waals surface area contributed by atoms with E-state index in [-0.39, 0.29) is 29.9 Å². The Balaban J connectivity index is 1.59. The van der Waals surface area contributed by atoms with Gasteiger partial charge in [0.05, 0.1) is 36.8 Å². The monoisotopic (exact) mass is 498 g/mol. The van der Waals surface area contributed by atoms with Gasteiger partial charge >= 0.3 is 0 Å². The molecule has 13 heteroatoms. The summed E-state index contributed by atoms with van der Waals surface area (Å²) in [5, 5.41) is 12.4. The van der Waals surface area contributed by atoms with Crippen LogP contribution in [0.15, 0.2) is 53.9 Å². The Morgan fingerprint density at radius 2 is 1.94 bits per heavy atom. The molecule has 1 atom stereocenters. The van der Waals surface area contributed by atoms with Crippen molar-refractivity contribution in [3.63, 3.8) is 0 Å². The third-order valence-corrected chi connectivity index (χ3v) is 6.41. The predicted octanol–water partition coefficient (Wildman–Crippen LogP) is 2.05. The number of nitrogens with one attached hydrogen (secondary N) is 2. The Labute approximate surface area is 200 Å². The molecule has 3 heterocycles. The van der Waals surface area contributed by atoms with Crippen LogP contribution in [0.2, 0.25) is 0 Å². The summed E-state index contributed by atoms with van der Waals surface area (Å²) in [5.41, 5.74) is 1.46. The van der Waals surface area contributed by atoms with Crippen LogP contribution in [0.3, 0.4) is 0 Å². The van der Waals surface area contributed by atoms with Crippen molar-refractivity contribution < 1.29 is 27.7 Å². The van der Waals surface area contributed by atoms with E-state index >= 15 is 0 Å². The van der Waals surface area contributed by atoms with Gasteiger partial charge in [0.2, 0.25) is 0 Å². The van der Waals surface area contributed by atoms with Crippen LogP contribution in [0.1, 0.15) is 0 Å². The first-order valence-electron chi connectivity index (χ1n) is 10.5. The molecule has 2 aromatic carbocycles. The first-order valence-corrected chi connectivity index (χ1v) is 12.0. The molecule has 0 saturated heterocycles. The Hall–Kier alpha value is -4.10. The normalized spacial score (nSPS) is 15.1. The van der Waals surface area contributed by atoms with Crippen LogP contribution in [0, 0.1) is 0 Å². The van der Waals surface area contributed by atoms with Gasteiger partial charge in [0.1, 0.15) is 12.4 Å². The fraction of sp³-hybridized carbons (Fsp3) is 0.227. The largest absolute Gasteiger partial charge is 0.497 e. The molecule has 0 radical (unpaired) electrons. The van der Waals surface area contributed by atoms with Gasteiger partial charge in [0.15, 0.2) is 34.3 Å². The third kappa shape index (κ3) is 4.50. The highest BCUT2D eigenvalue weighted by atomic mass is 32.2. The third-order valence-electron chi connectivity index (χ3n) is 5.19. The number of aryl methyl sites for hydroxylation is 1. The summed E-state index contributed by atoms with van der Waals surface area (Å²) >= 11 is 0. The zero-order chi connectivity index (χ0) is 24.6. The van der Waals surface area contributed by atoms with Crippen LogP contribution in [0.4, 0.5) is 17.3 Å². The number of nitrogens with zero attached hydrogens (tertiary/aromatic N) is 4. The average molecular weight is 499 g/mol. The zero-order valence-electron chi connectivity index (χ0n) is 18.8. The maximum atomic E-state index is 13.0. The van der Waals surface area contributed by atoms with E-state index in [1.165, 1.54) is 24.2 Å². The van der Waals surface area contributed by atoms with Crippen molar-refractivity contribution in [2.75, 3.05) is 30.4 Å². The molecule has 0 amide bonds. The number of imidazole rings is 1. The topological polar surface area (TPSA) is 150 Å². The van der Waals surface area contributed by atoms with Gasteiger partial charge < -0.3 is 29.2 Å². The molecule has 0 spiro atoms. The van der Waals surface area contributed by atoms with E-state index in [1.807, 2.05) is 0 Å². The summed E-state index contributed by atoms with van der Waals surface area (Å²) < 4.78 is 47.0. The zero-order valence-corrected chi connectivity index (χ0v) is 19.6. The van der Waals surface area contributed by atoms with Crippen molar-refractivity contribution in [3.8, 4) is 17.2 Å². The number of hydrogen-bond donors (Lipinski definition) is 3. The van der Waals surface area contributed by atoms with Gasteiger partial charge in [-0.3, -0.25) is 4.72 Å². The molecule has 1 aliphatic heterocycles. The predicted molar refractivity (Wildman–Crippen MR) is 127 cm³/mol. The summed E-state index contributed by atoms with van der Waals surface area (Å²) in [5.74, 6) is 1.28. The highest BCUT2D eigenvalue weighted by Gasteiger charge is 2.26. The van der Waals surface area contributed by atoms with E-state index in [0.29, 0.717) is 34.0 Å². The molecule has 3 N–H and O–H groups in total. The fourth-order valence-electron chi connectivity index (χ4n) is 3.50. The van der Waals surface area contributed by atoms with Crippen molar-refractivity contribution in [2.24, 2.45) is 7.05 Å². The van der Waals surface area contributed by atoms with Crippen molar-refractivity contribution >= 4 is 38.4 Å². The summed E-state index contributed by atoms with van der Waals surface area (Å²) in [6, 6.07) is 10.4. The SMILES string of the molecule is COc1cc(Nc2nc3ccccc3nc2NS(=O)(=O)c2cn(C)cn2)c2c(c1)OC(CO)CO2. The van der Waals surface area contributed by atoms with Gasteiger partial charge in [0, 0.05) is 25.4 Å². The van der Waals surface area contributed by atoms with Crippen molar-refractivity contribution in [3.05, 3.63) is 48.9 Å². The minimum Gasteiger partial charge on any atom is -0.497 e. The Morgan fingerprint density at radius 3 is 2.60 bits per heavy atom. The van der Waals surface area contributed by atoms with E-state index in [4.69, 9.17) is 14.2 Å². The summed E-state index contributed by atoms with van der Waals surface area (Å²) in [6.45, 7) is -0.0813. The molecule has 0 fully saturated rings. The van der Waals surface area contributed by atoms with Gasteiger partial charge in [0.25, 0.3) is 10.0 Å². The number of para-hydroxylation sites is 2. The number of aliphatic hydroxyl groups is 1. The summed E-state index contributed by atoms with van der Waals surface area (Å²) in [7, 11) is -0.878. The van der Waals surface area contributed by atoms with Crippen LogP contribution >= 0.6 is 0 Å². The molecular formula is C22H22N6O6S. The molecule has 0 saturated carbocycles. The number of hydrogen-bond acceptors (Lipinski definition) is 10. The van der Waals surface area contributed by atoms with E-state index in [2.05, 4.69) is 25.0 Å². The lowest BCUT2D eigenvalue weighted by Gasteiger charge is -2.27. The number of rotatable bonds is 7. The maximum absolute atomic E-state index is 13.0. The number of sulfonamides is 1.